The molecule has 0 bridgehead atoms. The van der Waals surface area contributed by atoms with E-state index in [1.54, 1.807) is 0 Å². The summed E-state index contributed by atoms with van der Waals surface area (Å²) < 4.78 is 2.41. The first-order valence-corrected chi connectivity index (χ1v) is 21.2. The molecule has 1 aromatic heterocycles. The van der Waals surface area contributed by atoms with E-state index in [-0.39, 0.29) is 10.8 Å². The van der Waals surface area contributed by atoms with Gasteiger partial charge in [-0.25, -0.2) is 0 Å². The van der Waals surface area contributed by atoms with Crippen molar-refractivity contribution in [3.8, 4) is 39.1 Å². The number of rotatable bonds is 5. The number of anilines is 3. The van der Waals surface area contributed by atoms with Gasteiger partial charge in [0.25, 0.3) is 0 Å². The van der Waals surface area contributed by atoms with Crippen molar-refractivity contribution < 1.29 is 0 Å². The van der Waals surface area contributed by atoms with Gasteiger partial charge in [-0.05, 0) is 133 Å². The summed E-state index contributed by atoms with van der Waals surface area (Å²) in [6.45, 7) is 9.47. The van der Waals surface area contributed by atoms with Gasteiger partial charge in [-0.3, -0.25) is 0 Å². The molecule has 0 N–H and O–H groups in total. The molecule has 2 aliphatic rings. The van der Waals surface area contributed by atoms with Crippen LogP contribution in [0.4, 0.5) is 17.1 Å². The minimum atomic E-state index is -0.105. The number of para-hydroxylation sites is 1. The summed E-state index contributed by atoms with van der Waals surface area (Å²) in [5.41, 5.74) is 20.1. The van der Waals surface area contributed by atoms with E-state index in [9.17, 15) is 0 Å². The van der Waals surface area contributed by atoms with Crippen LogP contribution in [0.25, 0.3) is 71.6 Å². The van der Waals surface area contributed by atoms with Crippen LogP contribution < -0.4 is 4.90 Å². The van der Waals surface area contributed by atoms with E-state index in [1.165, 1.54) is 93.9 Å². The third-order valence-corrected chi connectivity index (χ3v) is 13.8. The summed E-state index contributed by atoms with van der Waals surface area (Å²) in [6.07, 6.45) is 0. The summed E-state index contributed by atoms with van der Waals surface area (Å²) in [5.74, 6) is 0. The van der Waals surface area contributed by atoms with Crippen LogP contribution in [-0.4, -0.2) is 4.57 Å². The van der Waals surface area contributed by atoms with Crippen LogP contribution in [0.3, 0.4) is 0 Å². The van der Waals surface area contributed by atoms with Crippen LogP contribution >= 0.6 is 0 Å². The SMILES string of the molecule is CC1(C)c2ccccc2-c2ccc(N(c3ccc(-c4ccc5c(c4)c4c6ccccc6ccc4n5-c4ccccc4)cc3)c3ccc4c(c3)C(C)(C)c3ccccc3-4)cc21. The van der Waals surface area contributed by atoms with E-state index in [0.29, 0.717) is 0 Å². The molecular weight excluding hydrogens is 725 g/mol. The summed E-state index contributed by atoms with van der Waals surface area (Å²) in [6, 6.07) is 72.3. The molecule has 0 saturated carbocycles. The molecular formula is C58H44N2. The second-order valence-corrected chi connectivity index (χ2v) is 17.8. The molecule has 286 valence electrons. The molecule has 0 fully saturated rings. The predicted molar refractivity (Wildman–Crippen MR) is 254 cm³/mol. The minimum Gasteiger partial charge on any atom is -0.310 e. The van der Waals surface area contributed by atoms with Crippen molar-refractivity contribution in [2.75, 3.05) is 4.90 Å². The molecule has 0 unspecified atom stereocenters. The van der Waals surface area contributed by atoms with E-state index in [4.69, 9.17) is 0 Å². The Hall–Kier alpha value is -7.16. The van der Waals surface area contributed by atoms with Crippen LogP contribution in [0.1, 0.15) is 49.9 Å². The Morgan fingerprint density at radius 3 is 1.53 bits per heavy atom. The van der Waals surface area contributed by atoms with Crippen molar-refractivity contribution in [2.45, 2.75) is 38.5 Å². The van der Waals surface area contributed by atoms with E-state index in [2.05, 4.69) is 231 Å². The zero-order valence-corrected chi connectivity index (χ0v) is 34.4. The molecule has 10 aromatic rings. The lowest BCUT2D eigenvalue weighted by Gasteiger charge is -2.30. The first-order valence-electron chi connectivity index (χ1n) is 21.2. The number of fused-ring (bicyclic) bond motifs is 11. The lowest BCUT2D eigenvalue weighted by molar-refractivity contribution is 0.660. The number of hydrogen-bond donors (Lipinski definition) is 0. The fourth-order valence-electron chi connectivity index (χ4n) is 10.7. The van der Waals surface area contributed by atoms with Crippen LogP contribution in [0.15, 0.2) is 194 Å². The van der Waals surface area contributed by atoms with E-state index < -0.39 is 0 Å². The normalized spacial score (nSPS) is 14.3. The molecule has 2 heteroatoms. The van der Waals surface area contributed by atoms with Gasteiger partial charge in [0.05, 0.1) is 11.0 Å². The maximum atomic E-state index is 2.46. The second kappa shape index (κ2) is 12.7. The Labute approximate surface area is 351 Å². The molecule has 0 aliphatic heterocycles. The van der Waals surface area contributed by atoms with Crippen LogP contribution in [0.5, 0.6) is 0 Å². The maximum absolute atomic E-state index is 2.46. The van der Waals surface area contributed by atoms with E-state index >= 15 is 0 Å². The molecule has 0 amide bonds. The second-order valence-electron chi connectivity index (χ2n) is 17.8. The average molecular weight is 769 g/mol. The van der Waals surface area contributed by atoms with Gasteiger partial charge in [0.2, 0.25) is 0 Å². The topological polar surface area (TPSA) is 8.17 Å². The Morgan fingerprint density at radius 1 is 0.367 bits per heavy atom. The number of benzene rings is 9. The first-order chi connectivity index (χ1) is 29.3. The molecule has 0 atom stereocenters. The van der Waals surface area contributed by atoms with Gasteiger partial charge in [-0.15, -0.1) is 0 Å². The molecule has 9 aromatic carbocycles. The Balaban J connectivity index is 1.01. The molecule has 12 rings (SSSR count). The highest BCUT2D eigenvalue weighted by Crippen LogP contribution is 2.53. The summed E-state index contributed by atoms with van der Waals surface area (Å²) >= 11 is 0. The predicted octanol–water partition coefficient (Wildman–Crippen LogP) is 15.7. The van der Waals surface area contributed by atoms with Gasteiger partial charge < -0.3 is 9.47 Å². The molecule has 0 radical (unpaired) electrons. The molecule has 0 spiro atoms. The molecule has 60 heavy (non-hydrogen) atoms. The third kappa shape index (κ3) is 4.94. The van der Waals surface area contributed by atoms with Crippen LogP contribution in [-0.2, 0) is 10.8 Å². The van der Waals surface area contributed by atoms with Gasteiger partial charge >= 0.3 is 0 Å². The molecule has 1 heterocycles. The van der Waals surface area contributed by atoms with E-state index in [0.717, 1.165) is 17.1 Å². The fraction of sp³-hybridized carbons (Fsp3) is 0.103. The van der Waals surface area contributed by atoms with Gasteiger partial charge in [0.1, 0.15) is 0 Å². The zero-order valence-electron chi connectivity index (χ0n) is 34.4. The Kier molecular flexibility index (Phi) is 7.36. The third-order valence-electron chi connectivity index (χ3n) is 13.8. The Bertz CT molecular complexity index is 3260. The van der Waals surface area contributed by atoms with Crippen molar-refractivity contribution in [3.63, 3.8) is 0 Å². The summed E-state index contributed by atoms with van der Waals surface area (Å²) in [5, 5.41) is 5.08. The Morgan fingerprint density at radius 2 is 0.883 bits per heavy atom. The molecule has 2 nitrogen and oxygen atoms in total. The van der Waals surface area contributed by atoms with Crippen molar-refractivity contribution in [1.29, 1.82) is 0 Å². The number of aromatic nitrogens is 1. The minimum absolute atomic E-state index is 0.105. The maximum Gasteiger partial charge on any atom is 0.0547 e. The molecule has 2 aliphatic carbocycles. The zero-order chi connectivity index (χ0) is 40.3. The first kappa shape index (κ1) is 34.8. The summed E-state index contributed by atoms with van der Waals surface area (Å²) in [4.78, 5) is 2.46. The van der Waals surface area contributed by atoms with Gasteiger partial charge in [-0.2, -0.15) is 0 Å². The quantitative estimate of drug-likeness (QED) is 0.169. The van der Waals surface area contributed by atoms with Crippen LogP contribution in [0.2, 0.25) is 0 Å². The highest BCUT2D eigenvalue weighted by atomic mass is 15.1. The van der Waals surface area contributed by atoms with Crippen molar-refractivity contribution in [3.05, 3.63) is 216 Å². The fourth-order valence-corrected chi connectivity index (χ4v) is 10.7. The standard InChI is InChI=1S/C58H44N2/c1-57(2)50-20-12-10-18-45(50)47-30-28-42(35-52(47)57)59(43-29-31-48-46-19-11-13-21-51(46)58(3,4)53(48)36-43)41-26-22-37(23-27-41)39-25-32-54-49(34-39)56-44-17-9-8-14-38(44)24-33-55(56)60(54)40-15-6-5-7-16-40/h5-36H,1-4H3. The lowest BCUT2D eigenvalue weighted by Crippen LogP contribution is -2.18. The smallest absolute Gasteiger partial charge is 0.0547 e. The molecule has 0 saturated heterocycles. The number of nitrogens with zero attached hydrogens (tertiary/aromatic N) is 2. The van der Waals surface area contributed by atoms with Crippen molar-refractivity contribution >= 4 is 49.6 Å². The highest BCUT2D eigenvalue weighted by Gasteiger charge is 2.37. The average Bonchev–Trinajstić information content (AvgIpc) is 3.83. The van der Waals surface area contributed by atoms with Crippen molar-refractivity contribution in [1.82, 2.24) is 4.57 Å². The van der Waals surface area contributed by atoms with Gasteiger partial charge in [0.15, 0.2) is 0 Å². The number of hydrogen-bond acceptors (Lipinski definition) is 1. The monoisotopic (exact) mass is 768 g/mol. The lowest BCUT2D eigenvalue weighted by atomic mass is 9.82. The largest absolute Gasteiger partial charge is 0.310 e. The highest BCUT2D eigenvalue weighted by molar-refractivity contribution is 6.22. The summed E-state index contributed by atoms with van der Waals surface area (Å²) in [7, 11) is 0. The van der Waals surface area contributed by atoms with Gasteiger partial charge in [-0.1, -0.05) is 155 Å². The van der Waals surface area contributed by atoms with Crippen LogP contribution in [0, 0.1) is 0 Å². The van der Waals surface area contributed by atoms with E-state index in [1.807, 2.05) is 0 Å². The van der Waals surface area contributed by atoms with Crippen molar-refractivity contribution in [2.24, 2.45) is 0 Å². The van der Waals surface area contributed by atoms with Gasteiger partial charge in [0, 0.05) is 44.4 Å².